The summed E-state index contributed by atoms with van der Waals surface area (Å²) in [6.45, 7) is 8.56. The molecule has 112 valence electrons. The molecule has 1 unspecified atom stereocenters. The van der Waals surface area contributed by atoms with Gasteiger partial charge in [0.1, 0.15) is 11.6 Å². The number of hydrogen-bond donors (Lipinski definition) is 1. The molecule has 1 atom stereocenters. The van der Waals surface area contributed by atoms with E-state index in [1.54, 1.807) is 0 Å². The van der Waals surface area contributed by atoms with Crippen molar-refractivity contribution in [1.82, 2.24) is 10.2 Å². The van der Waals surface area contributed by atoms with Crippen LogP contribution in [0.5, 0.6) is 0 Å². The zero-order valence-electron chi connectivity index (χ0n) is 12.5. The van der Waals surface area contributed by atoms with Crippen LogP contribution in [0.4, 0.5) is 8.78 Å². The van der Waals surface area contributed by atoms with Gasteiger partial charge in [-0.25, -0.2) is 8.78 Å². The van der Waals surface area contributed by atoms with Crippen LogP contribution in [-0.4, -0.2) is 30.1 Å². The summed E-state index contributed by atoms with van der Waals surface area (Å²) in [7, 11) is 0. The highest BCUT2D eigenvalue weighted by Crippen LogP contribution is 2.20. The van der Waals surface area contributed by atoms with Crippen LogP contribution in [0, 0.1) is 11.6 Å². The summed E-state index contributed by atoms with van der Waals surface area (Å²) in [6, 6.07) is 4.71. The van der Waals surface area contributed by atoms with E-state index in [0.29, 0.717) is 17.6 Å². The van der Waals surface area contributed by atoms with Crippen LogP contribution in [0.2, 0.25) is 0 Å². The van der Waals surface area contributed by atoms with Gasteiger partial charge in [-0.05, 0) is 64.4 Å². The Balaban J connectivity index is 1.90. The number of likely N-dealkylation sites (tertiary alicyclic amines) is 1. The highest BCUT2D eigenvalue weighted by atomic mass is 19.1. The second kappa shape index (κ2) is 6.64. The zero-order valence-corrected chi connectivity index (χ0v) is 12.5. The van der Waals surface area contributed by atoms with E-state index in [2.05, 4.69) is 24.1 Å². The maximum atomic E-state index is 13.2. The third kappa shape index (κ3) is 4.00. The molecule has 1 heterocycles. The molecule has 0 spiro atoms. The minimum absolute atomic E-state index is 0.0317. The van der Waals surface area contributed by atoms with Gasteiger partial charge in [-0.3, -0.25) is 0 Å². The first-order chi connectivity index (χ1) is 9.45. The molecular weight excluding hydrogens is 258 g/mol. The Hall–Kier alpha value is -1.00. The quantitative estimate of drug-likeness (QED) is 0.909. The number of halogens is 2. The van der Waals surface area contributed by atoms with Crippen molar-refractivity contribution in [2.75, 3.05) is 13.1 Å². The highest BCUT2D eigenvalue weighted by molar-refractivity contribution is 5.21. The Kier molecular flexibility index (Phi) is 5.11. The lowest BCUT2D eigenvalue weighted by molar-refractivity contribution is 0.157. The predicted molar refractivity (Wildman–Crippen MR) is 77.6 cm³/mol. The van der Waals surface area contributed by atoms with E-state index in [1.165, 1.54) is 12.1 Å². The van der Waals surface area contributed by atoms with Crippen LogP contribution < -0.4 is 5.32 Å². The van der Waals surface area contributed by atoms with Gasteiger partial charge >= 0.3 is 0 Å². The van der Waals surface area contributed by atoms with E-state index in [4.69, 9.17) is 0 Å². The molecule has 0 aliphatic carbocycles. The lowest BCUT2D eigenvalue weighted by Crippen LogP contribution is -2.45. The summed E-state index contributed by atoms with van der Waals surface area (Å²) in [6.07, 6.45) is 2.17. The Labute approximate surface area is 120 Å². The molecule has 1 aliphatic heterocycles. The van der Waals surface area contributed by atoms with E-state index in [0.717, 1.165) is 32.0 Å². The van der Waals surface area contributed by atoms with Gasteiger partial charge in [0.05, 0.1) is 0 Å². The number of nitrogens with one attached hydrogen (secondary N) is 1. The Morgan fingerprint density at radius 2 is 1.60 bits per heavy atom. The molecule has 4 heteroatoms. The first kappa shape index (κ1) is 15.4. The van der Waals surface area contributed by atoms with Gasteiger partial charge in [0.25, 0.3) is 0 Å². The first-order valence-electron chi connectivity index (χ1n) is 7.42. The van der Waals surface area contributed by atoms with Crippen molar-refractivity contribution < 1.29 is 8.78 Å². The summed E-state index contributed by atoms with van der Waals surface area (Å²) in [5, 5.41) is 3.49. The topological polar surface area (TPSA) is 15.3 Å². The van der Waals surface area contributed by atoms with E-state index in [-0.39, 0.29) is 6.04 Å². The van der Waals surface area contributed by atoms with Crippen molar-refractivity contribution in [2.24, 2.45) is 0 Å². The van der Waals surface area contributed by atoms with Gasteiger partial charge in [0.2, 0.25) is 0 Å². The molecule has 1 aromatic carbocycles. The second-order valence-electron chi connectivity index (χ2n) is 6.00. The second-order valence-corrected chi connectivity index (χ2v) is 6.00. The zero-order chi connectivity index (χ0) is 14.7. The van der Waals surface area contributed by atoms with Crippen molar-refractivity contribution in [3.05, 3.63) is 35.4 Å². The van der Waals surface area contributed by atoms with Crippen molar-refractivity contribution in [2.45, 2.75) is 51.7 Å². The van der Waals surface area contributed by atoms with E-state index >= 15 is 0 Å². The summed E-state index contributed by atoms with van der Waals surface area (Å²) in [5.74, 6) is -1.02. The molecule has 2 rings (SSSR count). The average molecular weight is 282 g/mol. The monoisotopic (exact) mass is 282 g/mol. The number of nitrogens with zero attached hydrogens (tertiary/aromatic N) is 1. The molecular formula is C16H24F2N2. The molecule has 1 aliphatic rings. The van der Waals surface area contributed by atoms with Crippen LogP contribution in [0.15, 0.2) is 18.2 Å². The lowest BCUT2D eigenvalue weighted by Gasteiger charge is -2.36. The molecule has 1 fully saturated rings. The van der Waals surface area contributed by atoms with Crippen molar-refractivity contribution in [3.8, 4) is 0 Å². The maximum Gasteiger partial charge on any atom is 0.126 e. The lowest BCUT2D eigenvalue weighted by atomic mass is 10.0. The SMILES string of the molecule is CC(NC1CCN(C(C)C)CC1)c1cc(F)cc(F)c1. The van der Waals surface area contributed by atoms with Crippen molar-refractivity contribution in [1.29, 1.82) is 0 Å². The fraction of sp³-hybridized carbons (Fsp3) is 0.625. The van der Waals surface area contributed by atoms with Gasteiger partial charge in [0.15, 0.2) is 0 Å². The number of hydrogen-bond acceptors (Lipinski definition) is 2. The molecule has 0 amide bonds. The third-order valence-electron chi connectivity index (χ3n) is 4.13. The molecule has 0 saturated carbocycles. The van der Waals surface area contributed by atoms with Gasteiger partial charge < -0.3 is 10.2 Å². The molecule has 0 bridgehead atoms. The van der Waals surface area contributed by atoms with Crippen LogP contribution in [0.3, 0.4) is 0 Å². The van der Waals surface area contributed by atoms with E-state index in [9.17, 15) is 8.78 Å². The fourth-order valence-corrected chi connectivity index (χ4v) is 2.86. The van der Waals surface area contributed by atoms with E-state index in [1.807, 2.05) is 6.92 Å². The average Bonchev–Trinajstić information content (AvgIpc) is 2.38. The fourth-order valence-electron chi connectivity index (χ4n) is 2.86. The third-order valence-corrected chi connectivity index (χ3v) is 4.13. The normalized spacial score (nSPS) is 19.5. The number of rotatable bonds is 4. The maximum absolute atomic E-state index is 13.2. The molecule has 0 radical (unpaired) electrons. The van der Waals surface area contributed by atoms with Gasteiger partial charge in [0, 0.05) is 24.2 Å². The van der Waals surface area contributed by atoms with E-state index < -0.39 is 11.6 Å². The number of benzene rings is 1. The largest absolute Gasteiger partial charge is 0.307 e. The van der Waals surface area contributed by atoms with Crippen LogP contribution in [-0.2, 0) is 0 Å². The summed E-state index contributed by atoms with van der Waals surface area (Å²) in [5.41, 5.74) is 0.675. The summed E-state index contributed by atoms with van der Waals surface area (Å²) >= 11 is 0. The molecule has 1 aromatic rings. The Morgan fingerprint density at radius 1 is 1.05 bits per heavy atom. The molecule has 0 aromatic heterocycles. The smallest absolute Gasteiger partial charge is 0.126 e. The molecule has 1 N–H and O–H groups in total. The standard InChI is InChI=1S/C16H24F2N2/c1-11(2)20-6-4-16(5-7-20)19-12(3)13-8-14(17)10-15(18)9-13/h8-12,16,19H,4-7H2,1-3H3. The van der Waals surface area contributed by atoms with Gasteiger partial charge in [-0.1, -0.05) is 0 Å². The minimum atomic E-state index is -0.511. The number of piperidine rings is 1. The molecule has 2 nitrogen and oxygen atoms in total. The Bertz CT molecular complexity index is 420. The first-order valence-corrected chi connectivity index (χ1v) is 7.42. The van der Waals surface area contributed by atoms with Crippen LogP contribution in [0.1, 0.15) is 45.2 Å². The van der Waals surface area contributed by atoms with Crippen molar-refractivity contribution in [3.63, 3.8) is 0 Å². The minimum Gasteiger partial charge on any atom is -0.307 e. The van der Waals surface area contributed by atoms with Crippen LogP contribution in [0.25, 0.3) is 0 Å². The predicted octanol–water partition coefficient (Wildman–Crippen LogP) is 3.49. The summed E-state index contributed by atoms with van der Waals surface area (Å²) in [4.78, 5) is 2.46. The highest BCUT2D eigenvalue weighted by Gasteiger charge is 2.22. The molecule has 20 heavy (non-hydrogen) atoms. The Morgan fingerprint density at radius 3 is 2.10 bits per heavy atom. The van der Waals surface area contributed by atoms with Crippen molar-refractivity contribution >= 4 is 0 Å². The summed E-state index contributed by atoms with van der Waals surface area (Å²) < 4.78 is 26.5. The molecule has 1 saturated heterocycles. The van der Waals surface area contributed by atoms with Gasteiger partial charge in [-0.2, -0.15) is 0 Å². The van der Waals surface area contributed by atoms with Gasteiger partial charge in [-0.15, -0.1) is 0 Å². The van der Waals surface area contributed by atoms with Crippen LogP contribution >= 0.6 is 0 Å².